The van der Waals surface area contributed by atoms with Crippen molar-refractivity contribution in [2.75, 3.05) is 25.5 Å². The molecule has 1 N–H and O–H groups in total. The van der Waals surface area contributed by atoms with Gasteiger partial charge < -0.3 is 10.1 Å². The normalized spacial score (nSPS) is 23.5. The van der Waals surface area contributed by atoms with E-state index in [4.69, 9.17) is 0 Å². The fraction of sp³-hybridized carbons (Fsp3) is 0.692. The Morgan fingerprint density at radius 3 is 3.16 bits per heavy atom. The Morgan fingerprint density at radius 2 is 2.42 bits per heavy atom. The summed E-state index contributed by atoms with van der Waals surface area (Å²) >= 11 is 1.57. The van der Waals surface area contributed by atoms with Crippen molar-refractivity contribution < 1.29 is 9.53 Å². The van der Waals surface area contributed by atoms with Crippen LogP contribution in [-0.4, -0.2) is 48.1 Å². The molecule has 1 aromatic rings. The first kappa shape index (κ1) is 12.9. The van der Waals surface area contributed by atoms with Crippen molar-refractivity contribution in [3.63, 3.8) is 0 Å². The van der Waals surface area contributed by atoms with Gasteiger partial charge in [-0.2, -0.15) is 0 Å². The van der Waals surface area contributed by atoms with Gasteiger partial charge in [-0.1, -0.05) is 0 Å². The van der Waals surface area contributed by atoms with Crippen LogP contribution in [0.1, 0.15) is 25.0 Å². The number of esters is 1. The second-order valence-electron chi connectivity index (χ2n) is 5.25. The zero-order chi connectivity index (χ0) is 13.2. The summed E-state index contributed by atoms with van der Waals surface area (Å²) in [4.78, 5) is 18.2. The molecule has 6 heteroatoms. The number of thiazole rings is 1. The van der Waals surface area contributed by atoms with Gasteiger partial charge in [0.2, 0.25) is 0 Å². The lowest BCUT2D eigenvalue weighted by molar-refractivity contribution is -0.139. The summed E-state index contributed by atoms with van der Waals surface area (Å²) in [6, 6.07) is 1.34. The molecule has 1 aliphatic carbocycles. The van der Waals surface area contributed by atoms with Crippen molar-refractivity contribution in [1.82, 2.24) is 9.88 Å². The van der Waals surface area contributed by atoms with Crippen molar-refractivity contribution in [3.05, 3.63) is 11.1 Å². The molecule has 3 rings (SSSR count). The lowest BCUT2D eigenvalue weighted by atomic mass is 10.3. The molecule has 2 fully saturated rings. The van der Waals surface area contributed by atoms with E-state index in [0.717, 1.165) is 23.4 Å². The molecule has 1 atom stereocenters. The van der Waals surface area contributed by atoms with Gasteiger partial charge in [0.1, 0.15) is 0 Å². The molecule has 0 radical (unpaired) electrons. The van der Waals surface area contributed by atoms with Crippen LogP contribution in [0.5, 0.6) is 0 Å². The quantitative estimate of drug-likeness (QED) is 0.829. The highest BCUT2D eigenvalue weighted by Gasteiger charge is 2.34. The number of nitrogens with zero attached hydrogens (tertiary/aromatic N) is 2. The summed E-state index contributed by atoms with van der Waals surface area (Å²) in [6.07, 6.45) is 4.18. The number of hydrogen-bond donors (Lipinski definition) is 1. The van der Waals surface area contributed by atoms with Crippen LogP contribution >= 0.6 is 11.3 Å². The van der Waals surface area contributed by atoms with Crippen LogP contribution in [0.25, 0.3) is 0 Å². The van der Waals surface area contributed by atoms with Crippen LogP contribution in [0.2, 0.25) is 0 Å². The summed E-state index contributed by atoms with van der Waals surface area (Å²) in [7, 11) is 1.40. The van der Waals surface area contributed by atoms with Crippen LogP contribution < -0.4 is 5.32 Å². The van der Waals surface area contributed by atoms with Crippen molar-refractivity contribution in [1.29, 1.82) is 0 Å². The Morgan fingerprint density at radius 1 is 1.58 bits per heavy atom. The molecule has 5 nitrogen and oxygen atoms in total. The van der Waals surface area contributed by atoms with E-state index in [2.05, 4.69) is 19.9 Å². The Hall–Kier alpha value is -1.14. The third-order valence-electron chi connectivity index (χ3n) is 3.72. The summed E-state index contributed by atoms with van der Waals surface area (Å²) in [6.45, 7) is 2.32. The summed E-state index contributed by atoms with van der Waals surface area (Å²) < 4.78 is 4.64. The first-order chi connectivity index (χ1) is 9.24. The van der Waals surface area contributed by atoms with Gasteiger partial charge in [0, 0.05) is 30.6 Å². The van der Waals surface area contributed by atoms with Crippen molar-refractivity contribution in [2.45, 2.75) is 37.8 Å². The van der Waals surface area contributed by atoms with E-state index in [1.165, 1.54) is 32.9 Å². The maximum atomic E-state index is 11.2. The standard InChI is InChI=1S/C13H19N3O2S/c1-18-12(17)6-10-8-19-13(15-10)14-9-4-5-16(7-9)11-2-3-11/h8-9,11H,2-7H2,1H3,(H,14,15). The van der Waals surface area contributed by atoms with Crippen molar-refractivity contribution >= 4 is 22.4 Å². The second-order valence-corrected chi connectivity index (χ2v) is 6.11. The smallest absolute Gasteiger partial charge is 0.311 e. The molecule has 0 bridgehead atoms. The molecular weight excluding hydrogens is 262 g/mol. The molecule has 1 saturated carbocycles. The van der Waals surface area contributed by atoms with Gasteiger partial charge in [-0.3, -0.25) is 9.69 Å². The van der Waals surface area contributed by atoms with Crippen molar-refractivity contribution in [3.8, 4) is 0 Å². The Balaban J connectivity index is 1.51. The van der Waals surface area contributed by atoms with Crippen LogP contribution in [-0.2, 0) is 16.0 Å². The third-order valence-corrected chi connectivity index (χ3v) is 4.54. The van der Waals surface area contributed by atoms with E-state index < -0.39 is 0 Å². The highest BCUT2D eigenvalue weighted by Crippen LogP contribution is 2.30. The SMILES string of the molecule is COC(=O)Cc1csc(NC2CCN(C3CC3)C2)n1. The Labute approximate surface area is 117 Å². The predicted octanol–water partition coefficient (Wildman–Crippen LogP) is 1.51. The van der Waals surface area contributed by atoms with Gasteiger partial charge in [0.05, 0.1) is 19.2 Å². The number of anilines is 1. The van der Waals surface area contributed by atoms with E-state index in [1.54, 1.807) is 11.3 Å². The highest BCUT2D eigenvalue weighted by molar-refractivity contribution is 7.13. The van der Waals surface area contributed by atoms with E-state index in [0.29, 0.717) is 6.04 Å². The van der Waals surface area contributed by atoms with E-state index >= 15 is 0 Å². The third kappa shape index (κ3) is 3.25. The molecule has 1 aliphatic heterocycles. The van der Waals surface area contributed by atoms with Gasteiger partial charge in [0.15, 0.2) is 5.13 Å². The zero-order valence-electron chi connectivity index (χ0n) is 11.1. The minimum absolute atomic E-state index is 0.238. The molecular formula is C13H19N3O2S. The molecule has 19 heavy (non-hydrogen) atoms. The monoisotopic (exact) mass is 281 g/mol. The molecule has 0 aromatic carbocycles. The Kier molecular flexibility index (Phi) is 3.70. The predicted molar refractivity (Wildman–Crippen MR) is 74.5 cm³/mol. The fourth-order valence-corrected chi connectivity index (χ4v) is 3.31. The van der Waals surface area contributed by atoms with Crippen LogP contribution in [0, 0.1) is 0 Å². The van der Waals surface area contributed by atoms with E-state index in [1.807, 2.05) is 5.38 Å². The topological polar surface area (TPSA) is 54.5 Å². The molecule has 0 spiro atoms. The van der Waals surface area contributed by atoms with Gasteiger partial charge in [-0.05, 0) is 19.3 Å². The van der Waals surface area contributed by atoms with Gasteiger partial charge >= 0.3 is 5.97 Å². The molecule has 2 heterocycles. The zero-order valence-corrected chi connectivity index (χ0v) is 11.9. The minimum atomic E-state index is -0.238. The van der Waals surface area contributed by atoms with Crippen LogP contribution in [0.15, 0.2) is 5.38 Å². The maximum Gasteiger partial charge on any atom is 0.311 e. The lowest BCUT2D eigenvalue weighted by Crippen LogP contribution is -2.27. The van der Waals surface area contributed by atoms with Crippen molar-refractivity contribution in [2.24, 2.45) is 0 Å². The average molecular weight is 281 g/mol. The molecule has 1 saturated heterocycles. The molecule has 104 valence electrons. The minimum Gasteiger partial charge on any atom is -0.469 e. The van der Waals surface area contributed by atoms with Gasteiger partial charge in [-0.25, -0.2) is 4.98 Å². The summed E-state index contributed by atoms with van der Waals surface area (Å²) in [5, 5.41) is 6.32. The number of methoxy groups -OCH3 is 1. The number of rotatable bonds is 5. The number of ether oxygens (including phenoxy) is 1. The number of nitrogens with one attached hydrogen (secondary N) is 1. The van der Waals surface area contributed by atoms with Crippen LogP contribution in [0.4, 0.5) is 5.13 Å². The van der Waals surface area contributed by atoms with Gasteiger partial charge in [0.25, 0.3) is 0 Å². The molecule has 1 aromatic heterocycles. The number of carbonyl (C=O) groups is 1. The lowest BCUT2D eigenvalue weighted by Gasteiger charge is -2.15. The van der Waals surface area contributed by atoms with E-state index in [9.17, 15) is 4.79 Å². The van der Waals surface area contributed by atoms with Crippen LogP contribution in [0.3, 0.4) is 0 Å². The number of aromatic nitrogens is 1. The highest BCUT2D eigenvalue weighted by atomic mass is 32.1. The van der Waals surface area contributed by atoms with Gasteiger partial charge in [-0.15, -0.1) is 11.3 Å². The Bertz CT molecular complexity index is 458. The molecule has 1 unspecified atom stereocenters. The largest absolute Gasteiger partial charge is 0.469 e. The number of carbonyl (C=O) groups excluding carboxylic acids is 1. The second kappa shape index (κ2) is 5.46. The first-order valence-corrected chi connectivity index (χ1v) is 7.64. The first-order valence-electron chi connectivity index (χ1n) is 6.76. The number of hydrogen-bond acceptors (Lipinski definition) is 6. The summed E-state index contributed by atoms with van der Waals surface area (Å²) in [5.74, 6) is -0.238. The maximum absolute atomic E-state index is 11.2. The number of likely N-dealkylation sites (tertiary alicyclic amines) is 1. The van der Waals surface area contributed by atoms with E-state index in [-0.39, 0.29) is 12.4 Å². The summed E-state index contributed by atoms with van der Waals surface area (Å²) in [5.41, 5.74) is 0.788. The fourth-order valence-electron chi connectivity index (χ4n) is 2.53. The molecule has 0 amide bonds. The molecule has 2 aliphatic rings. The average Bonchev–Trinajstić information content (AvgIpc) is 3.01.